The van der Waals surface area contributed by atoms with Crippen molar-refractivity contribution in [2.24, 2.45) is 5.92 Å². The Morgan fingerprint density at radius 3 is 2.61 bits per heavy atom. The third-order valence-electron chi connectivity index (χ3n) is 3.22. The van der Waals surface area contributed by atoms with Gasteiger partial charge >= 0.3 is 5.97 Å². The Kier molecular flexibility index (Phi) is 4.13. The Bertz CT molecular complexity index is 502. The first-order chi connectivity index (χ1) is 8.41. The lowest BCUT2D eigenvalue weighted by Crippen LogP contribution is -2.37. The molecule has 2 heterocycles. The van der Waals surface area contributed by atoms with Crippen LogP contribution in [0.15, 0.2) is 13.6 Å². The molecule has 0 aliphatic carbocycles. The van der Waals surface area contributed by atoms with Crippen LogP contribution in [0.25, 0.3) is 0 Å². The molecule has 0 bridgehead atoms. The first-order valence-corrected chi connectivity index (χ1v) is 7.80. The number of thiophene rings is 1. The molecule has 1 fully saturated rings. The number of amides is 1. The summed E-state index contributed by atoms with van der Waals surface area (Å²) < 4.78 is 1.64. The molecule has 18 heavy (non-hydrogen) atoms. The largest absolute Gasteiger partial charge is 0.481 e. The highest BCUT2D eigenvalue weighted by atomic mass is 79.9. The van der Waals surface area contributed by atoms with Crippen molar-refractivity contribution in [1.29, 1.82) is 0 Å². The second kappa shape index (κ2) is 5.30. The van der Waals surface area contributed by atoms with Gasteiger partial charge in [0.1, 0.15) is 0 Å². The number of rotatable bonds is 2. The van der Waals surface area contributed by atoms with Gasteiger partial charge < -0.3 is 10.0 Å². The standard InChI is InChI=1S/C11H11Br2NO3S/c1-5-6(11(16)17)2-3-14(5)10(15)7-4-8(12)18-9(7)13/h4-6H,2-3H2,1H3,(H,16,17). The van der Waals surface area contributed by atoms with Crippen LogP contribution in [0.3, 0.4) is 0 Å². The number of nitrogens with zero attached hydrogens (tertiary/aromatic N) is 1. The molecule has 0 aromatic carbocycles. The summed E-state index contributed by atoms with van der Waals surface area (Å²) in [5.41, 5.74) is 0.588. The van der Waals surface area contributed by atoms with Crippen molar-refractivity contribution in [1.82, 2.24) is 4.90 Å². The minimum atomic E-state index is -0.830. The average molecular weight is 397 g/mol. The number of carboxylic acid groups (broad SMARTS) is 1. The summed E-state index contributed by atoms with van der Waals surface area (Å²) in [6.07, 6.45) is 0.519. The lowest BCUT2D eigenvalue weighted by Gasteiger charge is -2.23. The van der Waals surface area contributed by atoms with Gasteiger partial charge in [0.15, 0.2) is 0 Å². The molecule has 4 nitrogen and oxygen atoms in total. The van der Waals surface area contributed by atoms with Crippen molar-refractivity contribution >= 4 is 55.1 Å². The highest BCUT2D eigenvalue weighted by molar-refractivity contribution is 9.12. The van der Waals surface area contributed by atoms with Crippen LogP contribution in [-0.4, -0.2) is 34.5 Å². The Hall–Kier alpha value is -0.400. The number of carbonyl (C=O) groups excluding carboxylic acids is 1. The van der Waals surface area contributed by atoms with Gasteiger partial charge in [-0.1, -0.05) is 0 Å². The first-order valence-electron chi connectivity index (χ1n) is 5.40. The maximum absolute atomic E-state index is 12.3. The normalized spacial score (nSPS) is 23.4. The molecule has 7 heteroatoms. The van der Waals surface area contributed by atoms with Crippen LogP contribution in [0.1, 0.15) is 23.7 Å². The number of hydrogen-bond acceptors (Lipinski definition) is 3. The molecular formula is C11H11Br2NO3S. The van der Waals surface area contributed by atoms with Gasteiger partial charge in [-0.2, -0.15) is 0 Å². The molecule has 1 aliphatic heterocycles. The Labute approximate surface area is 125 Å². The molecular weight excluding hydrogens is 386 g/mol. The zero-order valence-electron chi connectivity index (χ0n) is 9.52. The van der Waals surface area contributed by atoms with E-state index in [1.165, 1.54) is 11.3 Å². The molecule has 1 amide bonds. The fraction of sp³-hybridized carbons (Fsp3) is 0.455. The predicted molar refractivity (Wildman–Crippen MR) is 76.0 cm³/mol. The maximum atomic E-state index is 12.3. The van der Waals surface area contributed by atoms with E-state index in [4.69, 9.17) is 5.11 Å². The van der Waals surface area contributed by atoms with E-state index >= 15 is 0 Å². The summed E-state index contributed by atoms with van der Waals surface area (Å²) in [6.45, 7) is 2.29. The van der Waals surface area contributed by atoms with E-state index in [0.717, 1.165) is 7.57 Å². The fourth-order valence-electron chi connectivity index (χ4n) is 2.20. The molecule has 2 rings (SSSR count). The van der Waals surface area contributed by atoms with Gasteiger partial charge in [-0.25, -0.2) is 0 Å². The fourth-order valence-corrected chi connectivity index (χ4v) is 4.97. The lowest BCUT2D eigenvalue weighted by molar-refractivity contribution is -0.142. The van der Waals surface area contributed by atoms with E-state index in [1.807, 2.05) is 0 Å². The monoisotopic (exact) mass is 395 g/mol. The number of carboxylic acids is 1. The third kappa shape index (κ3) is 2.48. The topological polar surface area (TPSA) is 57.6 Å². The van der Waals surface area contributed by atoms with E-state index in [0.29, 0.717) is 18.5 Å². The van der Waals surface area contributed by atoms with Crippen LogP contribution in [-0.2, 0) is 4.79 Å². The van der Waals surface area contributed by atoms with Gasteiger partial charge in [-0.15, -0.1) is 11.3 Å². The second-order valence-electron chi connectivity index (χ2n) is 4.21. The molecule has 0 radical (unpaired) electrons. The minimum absolute atomic E-state index is 0.111. The summed E-state index contributed by atoms with van der Waals surface area (Å²) in [6, 6.07) is 1.50. The van der Waals surface area contributed by atoms with E-state index in [1.54, 1.807) is 17.9 Å². The first kappa shape index (κ1) is 14.0. The Morgan fingerprint density at radius 2 is 2.17 bits per heavy atom. The van der Waals surface area contributed by atoms with E-state index in [9.17, 15) is 9.59 Å². The molecule has 0 spiro atoms. The number of carbonyl (C=O) groups is 2. The van der Waals surface area contributed by atoms with Crippen LogP contribution in [0.4, 0.5) is 0 Å². The van der Waals surface area contributed by atoms with E-state index < -0.39 is 11.9 Å². The van der Waals surface area contributed by atoms with Crippen molar-refractivity contribution in [3.8, 4) is 0 Å². The average Bonchev–Trinajstić information content (AvgIpc) is 2.81. The second-order valence-corrected chi connectivity index (χ2v) is 7.96. The van der Waals surface area contributed by atoms with Gasteiger partial charge in [0.05, 0.1) is 19.1 Å². The molecule has 1 aliphatic rings. The van der Waals surface area contributed by atoms with E-state index in [-0.39, 0.29) is 11.9 Å². The molecule has 1 aromatic heterocycles. The van der Waals surface area contributed by atoms with Crippen molar-refractivity contribution in [3.63, 3.8) is 0 Å². The SMILES string of the molecule is CC1C(C(=O)O)CCN1C(=O)c1cc(Br)sc1Br. The smallest absolute Gasteiger partial charge is 0.308 e. The molecule has 0 saturated carbocycles. The molecule has 1 aromatic rings. The van der Waals surface area contributed by atoms with Crippen LogP contribution < -0.4 is 0 Å². The molecule has 1 N–H and O–H groups in total. The van der Waals surface area contributed by atoms with Crippen molar-refractivity contribution in [2.75, 3.05) is 6.54 Å². The van der Waals surface area contributed by atoms with Gasteiger partial charge in [-0.05, 0) is 51.3 Å². The number of aliphatic carboxylic acids is 1. The summed E-state index contributed by atoms with van der Waals surface area (Å²) in [4.78, 5) is 25.0. The summed E-state index contributed by atoms with van der Waals surface area (Å²) in [5.74, 6) is -1.40. The van der Waals surface area contributed by atoms with Crippen molar-refractivity contribution in [3.05, 3.63) is 19.2 Å². The van der Waals surface area contributed by atoms with E-state index in [2.05, 4.69) is 31.9 Å². The van der Waals surface area contributed by atoms with Crippen LogP contribution in [0.2, 0.25) is 0 Å². The lowest BCUT2D eigenvalue weighted by atomic mass is 10.0. The predicted octanol–water partition coefficient (Wildman–Crippen LogP) is 3.21. The highest BCUT2D eigenvalue weighted by Gasteiger charge is 2.39. The highest BCUT2D eigenvalue weighted by Crippen LogP contribution is 2.34. The number of hydrogen-bond donors (Lipinski definition) is 1. The van der Waals surface area contributed by atoms with Crippen LogP contribution in [0, 0.1) is 5.92 Å². The van der Waals surface area contributed by atoms with Crippen molar-refractivity contribution in [2.45, 2.75) is 19.4 Å². The molecule has 2 atom stereocenters. The van der Waals surface area contributed by atoms with Crippen LogP contribution in [0.5, 0.6) is 0 Å². The zero-order chi connectivity index (χ0) is 13.4. The van der Waals surface area contributed by atoms with Gasteiger partial charge in [0.2, 0.25) is 0 Å². The number of likely N-dealkylation sites (tertiary alicyclic amines) is 1. The number of halogens is 2. The third-order valence-corrected chi connectivity index (χ3v) is 5.56. The molecule has 1 saturated heterocycles. The van der Waals surface area contributed by atoms with Gasteiger partial charge in [0.25, 0.3) is 5.91 Å². The molecule has 2 unspecified atom stereocenters. The Balaban J connectivity index is 2.21. The van der Waals surface area contributed by atoms with Crippen molar-refractivity contribution < 1.29 is 14.7 Å². The maximum Gasteiger partial charge on any atom is 0.308 e. The Morgan fingerprint density at radius 1 is 1.50 bits per heavy atom. The molecule has 98 valence electrons. The summed E-state index contributed by atoms with van der Waals surface area (Å²) in [5, 5.41) is 9.06. The minimum Gasteiger partial charge on any atom is -0.481 e. The summed E-state index contributed by atoms with van der Waals surface area (Å²) >= 11 is 8.12. The van der Waals surface area contributed by atoms with Crippen LogP contribution >= 0.6 is 43.2 Å². The zero-order valence-corrected chi connectivity index (χ0v) is 13.5. The summed E-state index contributed by atoms with van der Waals surface area (Å²) in [7, 11) is 0. The van der Waals surface area contributed by atoms with Gasteiger partial charge in [0, 0.05) is 12.6 Å². The van der Waals surface area contributed by atoms with Gasteiger partial charge in [-0.3, -0.25) is 9.59 Å². The quantitative estimate of drug-likeness (QED) is 0.834.